The zero-order chi connectivity index (χ0) is 14.2. The van der Waals surface area contributed by atoms with Crippen LogP contribution in [0.4, 0.5) is 11.8 Å². The van der Waals surface area contributed by atoms with Gasteiger partial charge in [0.25, 0.3) is 0 Å². The third-order valence-corrected chi connectivity index (χ3v) is 3.54. The van der Waals surface area contributed by atoms with Gasteiger partial charge in [-0.15, -0.1) is 0 Å². The van der Waals surface area contributed by atoms with E-state index in [1.54, 1.807) is 6.20 Å². The summed E-state index contributed by atoms with van der Waals surface area (Å²) >= 11 is 0. The summed E-state index contributed by atoms with van der Waals surface area (Å²) in [5.74, 6) is 1.18. The van der Waals surface area contributed by atoms with Crippen LogP contribution in [-0.4, -0.2) is 54.3 Å². The number of rotatable bonds is 7. The minimum atomic E-state index is 0.324. The zero-order valence-corrected chi connectivity index (χ0v) is 12.3. The van der Waals surface area contributed by atoms with E-state index in [2.05, 4.69) is 20.2 Å². The van der Waals surface area contributed by atoms with E-state index in [-0.39, 0.29) is 0 Å². The van der Waals surface area contributed by atoms with Crippen molar-refractivity contribution >= 4 is 11.8 Å². The third kappa shape index (κ3) is 4.94. The van der Waals surface area contributed by atoms with Crippen molar-refractivity contribution in [3.05, 3.63) is 11.8 Å². The Bertz CT molecular complexity index is 407. The summed E-state index contributed by atoms with van der Waals surface area (Å²) in [4.78, 5) is 10.6. The second-order valence-corrected chi connectivity index (χ2v) is 5.20. The molecule has 0 unspecified atom stereocenters. The van der Waals surface area contributed by atoms with Crippen molar-refractivity contribution < 1.29 is 4.74 Å². The Labute approximate surface area is 120 Å². The van der Waals surface area contributed by atoms with E-state index in [1.165, 1.54) is 19.4 Å². The van der Waals surface area contributed by atoms with Crippen LogP contribution in [0.25, 0.3) is 0 Å². The van der Waals surface area contributed by atoms with Gasteiger partial charge >= 0.3 is 0 Å². The third-order valence-electron chi connectivity index (χ3n) is 3.54. The Kier molecular flexibility index (Phi) is 6.01. The van der Waals surface area contributed by atoms with Gasteiger partial charge in [-0.2, -0.15) is 4.98 Å². The molecular weight excluding hydrogens is 254 g/mol. The summed E-state index contributed by atoms with van der Waals surface area (Å²) in [6, 6.07) is 0. The van der Waals surface area contributed by atoms with Gasteiger partial charge in [-0.1, -0.05) is 6.42 Å². The van der Waals surface area contributed by atoms with Crippen molar-refractivity contribution in [3.8, 4) is 0 Å². The Morgan fingerprint density at radius 1 is 1.30 bits per heavy atom. The number of nitrogens with zero attached hydrogens (tertiary/aromatic N) is 3. The Balaban J connectivity index is 1.56. The van der Waals surface area contributed by atoms with Crippen LogP contribution in [0.1, 0.15) is 24.8 Å². The second kappa shape index (κ2) is 8.01. The van der Waals surface area contributed by atoms with Gasteiger partial charge in [0.2, 0.25) is 5.95 Å². The predicted octanol–water partition coefficient (Wildman–Crippen LogP) is 1.28. The van der Waals surface area contributed by atoms with Gasteiger partial charge in [0, 0.05) is 31.4 Å². The molecule has 1 fully saturated rings. The van der Waals surface area contributed by atoms with Gasteiger partial charge < -0.3 is 15.8 Å². The number of hydrogen-bond acceptors (Lipinski definition) is 6. The maximum absolute atomic E-state index is 5.58. The van der Waals surface area contributed by atoms with E-state index in [9.17, 15) is 0 Å². The summed E-state index contributed by atoms with van der Waals surface area (Å²) in [7, 11) is 0. The Hall–Kier alpha value is -1.40. The number of hydrogen-bond donors (Lipinski definition) is 2. The summed E-state index contributed by atoms with van der Waals surface area (Å²) < 4.78 is 5.34. The first-order valence-corrected chi connectivity index (χ1v) is 7.39. The molecule has 0 radical (unpaired) electrons. The van der Waals surface area contributed by atoms with Crippen molar-refractivity contribution in [2.75, 3.05) is 50.4 Å². The van der Waals surface area contributed by atoms with Gasteiger partial charge in [-0.05, 0) is 26.3 Å². The normalized spacial score (nSPS) is 16.2. The number of aryl methyl sites for hydroxylation is 1. The molecule has 2 rings (SSSR count). The molecule has 0 bridgehead atoms. The lowest BCUT2D eigenvalue weighted by atomic mass is 10.2. The van der Waals surface area contributed by atoms with Crippen molar-refractivity contribution in [2.24, 2.45) is 0 Å². The fourth-order valence-corrected chi connectivity index (χ4v) is 2.30. The molecule has 1 aromatic rings. The lowest BCUT2D eigenvalue weighted by Gasteiger charge is -2.26. The quantitative estimate of drug-likeness (QED) is 0.732. The van der Waals surface area contributed by atoms with Crippen molar-refractivity contribution in [1.29, 1.82) is 0 Å². The molecule has 20 heavy (non-hydrogen) atoms. The molecule has 0 atom stereocenters. The highest BCUT2D eigenvalue weighted by molar-refractivity contribution is 5.44. The number of ether oxygens (including phenoxy) is 1. The monoisotopic (exact) mass is 279 g/mol. The van der Waals surface area contributed by atoms with Crippen LogP contribution < -0.4 is 11.1 Å². The maximum atomic E-state index is 5.58. The van der Waals surface area contributed by atoms with Crippen LogP contribution in [-0.2, 0) is 4.74 Å². The molecule has 2 heterocycles. The average Bonchev–Trinajstić information content (AvgIpc) is 2.47. The number of aromatic nitrogens is 2. The molecule has 0 aromatic carbocycles. The molecule has 1 aromatic heterocycles. The minimum Gasteiger partial charge on any atom is -0.379 e. The van der Waals surface area contributed by atoms with E-state index in [1.807, 2.05) is 6.92 Å². The van der Waals surface area contributed by atoms with Gasteiger partial charge in [0.1, 0.15) is 5.82 Å². The maximum Gasteiger partial charge on any atom is 0.221 e. The van der Waals surface area contributed by atoms with E-state index >= 15 is 0 Å². The van der Waals surface area contributed by atoms with Crippen LogP contribution in [0.2, 0.25) is 0 Å². The highest BCUT2D eigenvalue weighted by atomic mass is 16.5. The van der Waals surface area contributed by atoms with Crippen LogP contribution in [0, 0.1) is 6.92 Å². The van der Waals surface area contributed by atoms with Crippen LogP contribution >= 0.6 is 0 Å². The summed E-state index contributed by atoms with van der Waals surface area (Å²) in [5.41, 5.74) is 6.62. The first kappa shape index (κ1) is 15.0. The lowest BCUT2D eigenvalue weighted by molar-refractivity contribution is 0.0372. The number of nitrogen functional groups attached to an aromatic ring is 1. The van der Waals surface area contributed by atoms with Gasteiger partial charge in [0.05, 0.1) is 13.2 Å². The van der Waals surface area contributed by atoms with Crippen molar-refractivity contribution in [3.63, 3.8) is 0 Å². The molecule has 3 N–H and O–H groups in total. The fraction of sp³-hybridized carbons (Fsp3) is 0.714. The highest BCUT2D eigenvalue weighted by Gasteiger charge is 2.08. The predicted molar refractivity (Wildman–Crippen MR) is 80.8 cm³/mol. The van der Waals surface area contributed by atoms with Crippen molar-refractivity contribution in [1.82, 2.24) is 14.9 Å². The van der Waals surface area contributed by atoms with E-state index in [0.717, 1.165) is 50.7 Å². The molecule has 0 spiro atoms. The molecule has 1 aliphatic rings. The Morgan fingerprint density at radius 2 is 2.10 bits per heavy atom. The van der Waals surface area contributed by atoms with E-state index < -0.39 is 0 Å². The van der Waals surface area contributed by atoms with Crippen LogP contribution in [0.5, 0.6) is 0 Å². The average molecular weight is 279 g/mol. The number of nitrogens with two attached hydrogens (primary N) is 1. The van der Waals surface area contributed by atoms with Crippen LogP contribution in [0.15, 0.2) is 6.20 Å². The summed E-state index contributed by atoms with van der Waals surface area (Å²) in [6.07, 6.45) is 5.37. The van der Waals surface area contributed by atoms with Crippen molar-refractivity contribution in [2.45, 2.75) is 26.2 Å². The second-order valence-electron chi connectivity index (χ2n) is 5.20. The SMILES string of the molecule is Cc1cnc(N)nc1NCCCCCN1CCOCC1. The van der Waals surface area contributed by atoms with Gasteiger partial charge in [-0.25, -0.2) is 4.98 Å². The standard InChI is InChI=1S/C14H25N5O/c1-12-11-17-14(15)18-13(12)16-5-3-2-4-6-19-7-9-20-10-8-19/h11H,2-10H2,1H3,(H3,15,16,17,18). The number of unbranched alkanes of at least 4 members (excludes halogenated alkanes) is 2. The summed E-state index contributed by atoms with van der Waals surface area (Å²) in [5, 5.41) is 3.33. The number of anilines is 2. The molecule has 0 saturated carbocycles. The Morgan fingerprint density at radius 3 is 2.90 bits per heavy atom. The smallest absolute Gasteiger partial charge is 0.221 e. The molecule has 6 nitrogen and oxygen atoms in total. The fourth-order valence-electron chi connectivity index (χ4n) is 2.30. The van der Waals surface area contributed by atoms with E-state index in [0.29, 0.717) is 5.95 Å². The molecule has 0 amide bonds. The largest absolute Gasteiger partial charge is 0.379 e. The van der Waals surface area contributed by atoms with Crippen LogP contribution in [0.3, 0.4) is 0 Å². The number of nitrogens with one attached hydrogen (secondary N) is 1. The number of morpholine rings is 1. The van der Waals surface area contributed by atoms with Gasteiger partial charge in [0.15, 0.2) is 0 Å². The first-order valence-electron chi connectivity index (χ1n) is 7.39. The molecule has 112 valence electrons. The lowest BCUT2D eigenvalue weighted by Crippen LogP contribution is -2.36. The first-order chi connectivity index (χ1) is 9.75. The topological polar surface area (TPSA) is 76.3 Å². The zero-order valence-electron chi connectivity index (χ0n) is 12.3. The minimum absolute atomic E-state index is 0.324. The summed E-state index contributed by atoms with van der Waals surface area (Å²) in [6.45, 7) is 8.03. The molecule has 0 aliphatic carbocycles. The van der Waals surface area contributed by atoms with Gasteiger partial charge in [-0.3, -0.25) is 4.90 Å². The molecular formula is C14H25N5O. The molecule has 1 saturated heterocycles. The van der Waals surface area contributed by atoms with E-state index in [4.69, 9.17) is 10.5 Å². The molecule has 6 heteroatoms. The highest BCUT2D eigenvalue weighted by Crippen LogP contribution is 2.11. The molecule has 1 aliphatic heterocycles.